The van der Waals surface area contributed by atoms with Crippen LogP contribution in [0.4, 0.5) is 0 Å². The van der Waals surface area contributed by atoms with Crippen molar-refractivity contribution in [3.8, 4) is 0 Å². The van der Waals surface area contributed by atoms with Gasteiger partial charge in [-0.05, 0) is 26.1 Å². The molecule has 0 rings (SSSR count). The number of hydroxylamine groups is 1. The fourth-order valence-corrected chi connectivity index (χ4v) is 0.922. The molecule has 0 saturated heterocycles. The molecule has 0 atom stereocenters. The first-order valence-electron chi connectivity index (χ1n) is 4.94. The Balaban J connectivity index is -0.000000309. The van der Waals surface area contributed by atoms with Crippen LogP contribution in [0, 0.1) is 0 Å². The number of rotatable bonds is 6. The molecule has 0 fully saturated rings. The van der Waals surface area contributed by atoms with Crippen LogP contribution >= 0.6 is 0 Å². The molecule has 0 aromatic heterocycles. The van der Waals surface area contributed by atoms with E-state index in [0.29, 0.717) is 6.54 Å². The van der Waals surface area contributed by atoms with Gasteiger partial charge in [0.05, 0.1) is 0 Å². The summed E-state index contributed by atoms with van der Waals surface area (Å²) in [6.07, 6.45) is 1.01. The van der Waals surface area contributed by atoms with Crippen molar-refractivity contribution in [2.24, 2.45) is 0 Å². The zero-order valence-electron chi connectivity index (χ0n) is 8.93. The molecule has 0 saturated carbocycles. The second kappa shape index (κ2) is 13.5. The van der Waals surface area contributed by atoms with E-state index in [-0.39, 0.29) is 1.43 Å². The highest BCUT2D eigenvalue weighted by Crippen LogP contribution is 1.88. The van der Waals surface area contributed by atoms with E-state index in [9.17, 15) is 0 Å². The van der Waals surface area contributed by atoms with Gasteiger partial charge in [0.1, 0.15) is 0 Å². The van der Waals surface area contributed by atoms with Crippen LogP contribution in [-0.2, 0) is 0 Å². The number of hydrogen-bond donors (Lipinski definition) is 2. The molecule has 3 nitrogen and oxygen atoms in total. The van der Waals surface area contributed by atoms with E-state index >= 15 is 0 Å². The first kappa shape index (κ1) is 14.4. The maximum atomic E-state index is 8.26. The van der Waals surface area contributed by atoms with Crippen molar-refractivity contribution in [3.05, 3.63) is 0 Å². The van der Waals surface area contributed by atoms with Crippen molar-refractivity contribution < 1.29 is 6.63 Å². The molecular weight excluding hydrogens is 152 g/mol. The van der Waals surface area contributed by atoms with Gasteiger partial charge in [0.25, 0.3) is 0 Å². The molecule has 12 heavy (non-hydrogen) atoms. The van der Waals surface area contributed by atoms with Gasteiger partial charge in [-0.3, -0.25) is 0 Å². The third-order valence-corrected chi connectivity index (χ3v) is 1.66. The predicted octanol–water partition coefficient (Wildman–Crippen LogP) is 1.97. The van der Waals surface area contributed by atoms with Gasteiger partial charge in [-0.1, -0.05) is 27.7 Å². The minimum absolute atomic E-state index is 0. The third-order valence-electron chi connectivity index (χ3n) is 1.66. The van der Waals surface area contributed by atoms with E-state index in [1.807, 2.05) is 13.8 Å². The average molecular weight is 178 g/mol. The number of hydrogen-bond acceptors (Lipinski definition) is 3. The largest absolute Gasteiger partial charge is 0.317 e. The highest BCUT2D eigenvalue weighted by atomic mass is 16.5. The molecule has 0 unspecified atom stereocenters. The van der Waals surface area contributed by atoms with Crippen molar-refractivity contribution in [1.29, 1.82) is 0 Å². The van der Waals surface area contributed by atoms with Crippen LogP contribution in [0.5, 0.6) is 0 Å². The van der Waals surface area contributed by atoms with Gasteiger partial charge in [0.15, 0.2) is 0 Å². The summed E-state index contributed by atoms with van der Waals surface area (Å²) in [5.74, 6) is 0. The maximum absolute atomic E-state index is 8.26. The summed E-state index contributed by atoms with van der Waals surface area (Å²) in [6.45, 7) is 12.3. The third kappa shape index (κ3) is 9.88. The van der Waals surface area contributed by atoms with Crippen LogP contribution < -0.4 is 5.48 Å². The lowest BCUT2D eigenvalue weighted by atomic mass is 10.4. The Morgan fingerprint density at radius 1 is 1.25 bits per heavy atom. The van der Waals surface area contributed by atoms with Crippen LogP contribution in [0.25, 0.3) is 0 Å². The van der Waals surface area contributed by atoms with Gasteiger partial charge in [0, 0.05) is 7.97 Å². The second-order valence-corrected chi connectivity index (χ2v) is 2.29. The zero-order valence-corrected chi connectivity index (χ0v) is 8.93. The van der Waals surface area contributed by atoms with Crippen molar-refractivity contribution in [3.63, 3.8) is 0 Å². The highest BCUT2D eigenvalue weighted by Gasteiger charge is 1.95. The fraction of sp³-hybridized carbons (Fsp3) is 1.00. The molecule has 0 bridgehead atoms. The lowest BCUT2D eigenvalue weighted by Gasteiger charge is -2.16. The van der Waals surface area contributed by atoms with Crippen molar-refractivity contribution in [1.82, 2.24) is 10.4 Å². The normalized spacial score (nSPS) is 9.50. The highest BCUT2D eigenvalue weighted by molar-refractivity contribution is 4.51. The molecule has 0 aliphatic rings. The van der Waals surface area contributed by atoms with Gasteiger partial charge in [-0.25, -0.2) is 5.48 Å². The Bertz CT molecular complexity index is 70.6. The summed E-state index contributed by atoms with van der Waals surface area (Å²) < 4.78 is 0. The molecule has 0 radical (unpaired) electrons. The predicted molar refractivity (Wildman–Crippen MR) is 55.7 cm³/mol. The molecule has 0 aliphatic heterocycles. The van der Waals surface area contributed by atoms with Crippen LogP contribution in [0.2, 0.25) is 0 Å². The Morgan fingerprint density at radius 2 is 1.75 bits per heavy atom. The topological polar surface area (TPSA) is 35.5 Å². The summed E-state index contributed by atoms with van der Waals surface area (Å²) in [4.78, 5) is 2.33. The van der Waals surface area contributed by atoms with Crippen LogP contribution in [0.1, 0.15) is 35.5 Å². The van der Waals surface area contributed by atoms with Crippen molar-refractivity contribution >= 4 is 0 Å². The molecule has 0 aliphatic carbocycles. The van der Waals surface area contributed by atoms with Gasteiger partial charge in [-0.15, -0.1) is 0 Å². The summed E-state index contributed by atoms with van der Waals surface area (Å²) in [5, 5.41) is 8.26. The molecule has 0 amide bonds. The first-order chi connectivity index (χ1) is 5.85. The molecule has 3 heteroatoms. The molecular formula is C9H26N2O. The van der Waals surface area contributed by atoms with E-state index in [4.69, 9.17) is 5.21 Å². The molecule has 78 valence electrons. The minimum Gasteiger partial charge on any atom is -0.317 e. The smallest absolute Gasteiger partial charge is 0.0219 e. The minimum atomic E-state index is 0. The summed E-state index contributed by atoms with van der Waals surface area (Å²) >= 11 is 0. The number of nitrogens with one attached hydrogen (secondary N) is 1. The Morgan fingerprint density at radius 3 is 2.08 bits per heavy atom. The zero-order chi connectivity index (χ0) is 9.82. The second-order valence-electron chi connectivity index (χ2n) is 2.29. The van der Waals surface area contributed by atoms with E-state index < -0.39 is 0 Å². The molecule has 0 aromatic rings. The monoisotopic (exact) mass is 178 g/mol. The molecule has 0 aromatic carbocycles. The van der Waals surface area contributed by atoms with Gasteiger partial charge in [0.2, 0.25) is 0 Å². The Kier molecular flexibility index (Phi) is 16.2. The lowest BCUT2D eigenvalue weighted by molar-refractivity contribution is 0.159. The van der Waals surface area contributed by atoms with Crippen LogP contribution in [0.3, 0.4) is 0 Å². The van der Waals surface area contributed by atoms with E-state index in [2.05, 4.69) is 24.2 Å². The lowest BCUT2D eigenvalue weighted by Crippen LogP contribution is -2.26. The Labute approximate surface area is 78.2 Å². The SMILES string of the molecule is CC.CCN(CC)CCCNO.[HH]. The summed E-state index contributed by atoms with van der Waals surface area (Å²) in [6, 6.07) is 0. The van der Waals surface area contributed by atoms with Crippen LogP contribution in [0.15, 0.2) is 0 Å². The van der Waals surface area contributed by atoms with E-state index in [1.165, 1.54) is 0 Å². The molecule has 0 heterocycles. The summed E-state index contributed by atoms with van der Waals surface area (Å²) in [5.41, 5.74) is 2.14. The van der Waals surface area contributed by atoms with E-state index in [1.54, 1.807) is 0 Å². The summed E-state index contributed by atoms with van der Waals surface area (Å²) in [7, 11) is 0. The fourth-order valence-electron chi connectivity index (χ4n) is 0.922. The van der Waals surface area contributed by atoms with E-state index in [0.717, 1.165) is 26.1 Å². The maximum Gasteiger partial charge on any atom is 0.0219 e. The van der Waals surface area contributed by atoms with Crippen molar-refractivity contribution in [2.75, 3.05) is 26.2 Å². The molecule has 0 spiro atoms. The van der Waals surface area contributed by atoms with Crippen molar-refractivity contribution in [2.45, 2.75) is 34.1 Å². The Hall–Kier alpha value is -0.120. The van der Waals surface area contributed by atoms with Gasteiger partial charge >= 0.3 is 0 Å². The average Bonchev–Trinajstić information content (AvgIpc) is 2.16. The van der Waals surface area contributed by atoms with Crippen LogP contribution in [-0.4, -0.2) is 36.3 Å². The number of nitrogens with zero attached hydrogens (tertiary/aromatic N) is 1. The molecule has 2 N–H and O–H groups in total. The quantitative estimate of drug-likeness (QED) is 0.482. The van der Waals surface area contributed by atoms with Gasteiger partial charge < -0.3 is 10.1 Å². The standard InChI is InChI=1S/C7H18N2O.C2H6.H2/c1-3-9(4-2)7-5-6-8-10;1-2;/h8,10H,3-7H2,1-2H3;1-2H3;1H. The van der Waals surface area contributed by atoms with Gasteiger partial charge in [-0.2, -0.15) is 0 Å². The first-order valence-corrected chi connectivity index (χ1v) is 4.94.